The molecule has 1 aromatic heterocycles. The monoisotopic (exact) mass is 371 g/mol. The number of methoxy groups -OCH3 is 1. The van der Waals surface area contributed by atoms with Gasteiger partial charge in [-0.3, -0.25) is 4.79 Å². The Morgan fingerprint density at radius 1 is 1.43 bits per heavy atom. The average Bonchev–Trinajstić information content (AvgIpc) is 2.97. The fourth-order valence-corrected chi connectivity index (χ4v) is 3.79. The fourth-order valence-electron chi connectivity index (χ4n) is 1.78. The van der Waals surface area contributed by atoms with E-state index in [-0.39, 0.29) is 12.1 Å². The average molecular weight is 372 g/mol. The second-order valence-corrected chi connectivity index (χ2v) is 7.36. The van der Waals surface area contributed by atoms with Crippen LogP contribution in [0.5, 0.6) is 5.75 Å². The lowest BCUT2D eigenvalue weighted by molar-refractivity contribution is -0.140. The van der Waals surface area contributed by atoms with Crippen molar-refractivity contribution in [1.29, 1.82) is 0 Å². The summed E-state index contributed by atoms with van der Waals surface area (Å²) in [4.78, 5) is 15.7. The molecule has 4 nitrogen and oxygen atoms in total. The Hall–Kier alpha value is -1.24. The summed E-state index contributed by atoms with van der Waals surface area (Å²) in [5.74, 6) is 1.12. The summed E-state index contributed by atoms with van der Waals surface area (Å²) in [6, 6.07) is 5.68. The number of rotatable bonds is 7. The van der Waals surface area contributed by atoms with Gasteiger partial charge in [-0.1, -0.05) is 11.6 Å². The van der Waals surface area contributed by atoms with Gasteiger partial charge in [-0.25, -0.2) is 4.98 Å². The van der Waals surface area contributed by atoms with Crippen LogP contribution in [0.3, 0.4) is 0 Å². The summed E-state index contributed by atoms with van der Waals surface area (Å²) in [5.41, 5.74) is 0.955. The molecule has 0 amide bonds. The highest BCUT2D eigenvalue weighted by atomic mass is 35.5. The number of carbonyl (C=O) groups excluding carboxylic acids is 1. The Morgan fingerprint density at radius 3 is 2.87 bits per heavy atom. The van der Waals surface area contributed by atoms with Crippen molar-refractivity contribution < 1.29 is 14.3 Å². The molecule has 0 aliphatic carbocycles. The Labute approximate surface area is 149 Å². The van der Waals surface area contributed by atoms with Crippen LogP contribution in [-0.2, 0) is 9.53 Å². The van der Waals surface area contributed by atoms with E-state index >= 15 is 0 Å². The standard InChI is InChI=1S/C16H18ClNO3S2/c1-10(2)21-13-5-4-11(8-12(13)17)16-18-14(9-23-16)22-7-6-15(19)20-3/h4-5,8-10H,6-7H2,1-3H3. The molecule has 1 heterocycles. The van der Waals surface area contributed by atoms with Gasteiger partial charge in [0.15, 0.2) is 0 Å². The molecule has 0 aliphatic rings. The van der Waals surface area contributed by atoms with Crippen LogP contribution in [0.4, 0.5) is 0 Å². The van der Waals surface area contributed by atoms with E-state index in [1.54, 1.807) is 11.3 Å². The number of thiazole rings is 1. The molecule has 0 saturated heterocycles. The van der Waals surface area contributed by atoms with E-state index in [0.29, 0.717) is 22.9 Å². The van der Waals surface area contributed by atoms with Crippen molar-refractivity contribution in [2.75, 3.05) is 12.9 Å². The Bertz CT molecular complexity index is 673. The number of ether oxygens (including phenoxy) is 2. The molecule has 2 rings (SSSR count). The van der Waals surface area contributed by atoms with E-state index in [1.807, 2.05) is 37.4 Å². The van der Waals surface area contributed by atoms with Crippen LogP contribution in [0.2, 0.25) is 5.02 Å². The minimum Gasteiger partial charge on any atom is -0.489 e. The zero-order valence-electron chi connectivity index (χ0n) is 13.2. The highest BCUT2D eigenvalue weighted by Gasteiger charge is 2.10. The minimum atomic E-state index is -0.208. The number of benzene rings is 1. The molecule has 124 valence electrons. The number of nitrogens with zero attached hydrogens (tertiary/aromatic N) is 1. The molecule has 0 saturated carbocycles. The second-order valence-electron chi connectivity index (χ2n) is 4.98. The summed E-state index contributed by atoms with van der Waals surface area (Å²) in [6.45, 7) is 3.92. The van der Waals surface area contributed by atoms with Crippen molar-refractivity contribution in [2.24, 2.45) is 0 Å². The van der Waals surface area contributed by atoms with E-state index in [9.17, 15) is 4.79 Å². The van der Waals surface area contributed by atoms with E-state index in [2.05, 4.69) is 9.72 Å². The van der Waals surface area contributed by atoms with Crippen molar-refractivity contribution >= 4 is 40.7 Å². The van der Waals surface area contributed by atoms with Crippen molar-refractivity contribution in [1.82, 2.24) is 4.98 Å². The highest BCUT2D eigenvalue weighted by molar-refractivity contribution is 7.99. The topological polar surface area (TPSA) is 48.4 Å². The minimum absolute atomic E-state index is 0.0797. The Morgan fingerprint density at radius 2 is 2.22 bits per heavy atom. The first-order valence-corrected chi connectivity index (χ1v) is 9.35. The normalized spacial score (nSPS) is 10.8. The van der Waals surface area contributed by atoms with Gasteiger partial charge in [0, 0.05) is 16.7 Å². The number of aromatic nitrogens is 1. The molecule has 0 N–H and O–H groups in total. The van der Waals surface area contributed by atoms with Gasteiger partial charge in [-0.15, -0.1) is 23.1 Å². The van der Waals surface area contributed by atoms with Gasteiger partial charge in [-0.05, 0) is 32.0 Å². The first-order valence-electron chi connectivity index (χ1n) is 7.11. The third-order valence-electron chi connectivity index (χ3n) is 2.81. The number of hydrogen-bond acceptors (Lipinski definition) is 6. The Kier molecular flexibility index (Phi) is 6.74. The first kappa shape index (κ1) is 18.1. The van der Waals surface area contributed by atoms with E-state index in [4.69, 9.17) is 16.3 Å². The maximum Gasteiger partial charge on any atom is 0.306 e. The van der Waals surface area contributed by atoms with Crippen LogP contribution < -0.4 is 4.74 Å². The van der Waals surface area contributed by atoms with Gasteiger partial charge in [0.25, 0.3) is 0 Å². The summed E-state index contributed by atoms with van der Waals surface area (Å²) >= 11 is 9.34. The van der Waals surface area contributed by atoms with Crippen molar-refractivity contribution in [3.63, 3.8) is 0 Å². The molecule has 7 heteroatoms. The quantitative estimate of drug-likeness (QED) is 0.511. The van der Waals surface area contributed by atoms with Crippen LogP contribution >= 0.6 is 34.7 Å². The van der Waals surface area contributed by atoms with E-state index < -0.39 is 0 Å². The molecule has 23 heavy (non-hydrogen) atoms. The van der Waals surface area contributed by atoms with Crippen LogP contribution in [-0.4, -0.2) is 29.9 Å². The number of esters is 1. The molecule has 0 spiro atoms. The van der Waals surface area contributed by atoms with E-state index in [0.717, 1.165) is 15.6 Å². The molecule has 0 atom stereocenters. The number of thioether (sulfide) groups is 1. The van der Waals surface area contributed by atoms with Crippen molar-refractivity contribution in [3.05, 3.63) is 28.6 Å². The SMILES string of the molecule is COC(=O)CCSc1csc(-c2ccc(OC(C)C)c(Cl)c2)n1. The molecule has 0 unspecified atom stereocenters. The van der Waals surface area contributed by atoms with Gasteiger partial charge in [0.05, 0.1) is 24.7 Å². The molecular formula is C16H18ClNO3S2. The first-order chi connectivity index (χ1) is 11.0. The lowest BCUT2D eigenvalue weighted by Gasteiger charge is -2.11. The summed E-state index contributed by atoms with van der Waals surface area (Å²) < 4.78 is 10.2. The lowest BCUT2D eigenvalue weighted by atomic mass is 10.2. The predicted octanol–water partition coefficient (Wildman–Crippen LogP) is 4.91. The zero-order chi connectivity index (χ0) is 16.8. The number of halogens is 1. The summed E-state index contributed by atoms with van der Waals surface area (Å²) in [6.07, 6.45) is 0.456. The van der Waals surface area contributed by atoms with Crippen LogP contribution in [0.25, 0.3) is 10.6 Å². The highest BCUT2D eigenvalue weighted by Crippen LogP contribution is 2.34. The van der Waals surface area contributed by atoms with Crippen molar-refractivity contribution in [2.45, 2.75) is 31.4 Å². The van der Waals surface area contributed by atoms with E-state index in [1.165, 1.54) is 18.9 Å². The van der Waals surface area contributed by atoms with Gasteiger partial charge in [0.2, 0.25) is 0 Å². The maximum absolute atomic E-state index is 11.1. The van der Waals surface area contributed by atoms with Gasteiger partial charge in [-0.2, -0.15) is 0 Å². The van der Waals surface area contributed by atoms with Gasteiger partial charge in [0.1, 0.15) is 15.8 Å². The fraction of sp³-hybridized carbons (Fsp3) is 0.375. The zero-order valence-corrected chi connectivity index (χ0v) is 15.6. The molecule has 0 aliphatic heterocycles. The third kappa shape index (κ3) is 5.41. The lowest BCUT2D eigenvalue weighted by Crippen LogP contribution is -2.05. The third-order valence-corrected chi connectivity index (χ3v) is 5.06. The summed E-state index contributed by atoms with van der Waals surface area (Å²) in [5, 5.41) is 4.34. The predicted molar refractivity (Wildman–Crippen MR) is 95.7 cm³/mol. The largest absolute Gasteiger partial charge is 0.489 e. The number of hydrogen-bond donors (Lipinski definition) is 0. The van der Waals surface area contributed by atoms with Crippen molar-refractivity contribution in [3.8, 4) is 16.3 Å². The molecule has 0 bridgehead atoms. The molecule has 0 fully saturated rings. The van der Waals surface area contributed by atoms with Crippen LogP contribution in [0, 0.1) is 0 Å². The van der Waals surface area contributed by atoms with Crippen LogP contribution in [0.15, 0.2) is 28.6 Å². The summed E-state index contributed by atoms with van der Waals surface area (Å²) in [7, 11) is 1.39. The molecule has 1 aromatic carbocycles. The molecular weight excluding hydrogens is 354 g/mol. The van der Waals surface area contributed by atoms with Gasteiger partial charge >= 0.3 is 5.97 Å². The molecule has 2 aromatic rings. The Balaban J connectivity index is 2.02. The second kappa shape index (κ2) is 8.57. The van der Waals surface area contributed by atoms with Gasteiger partial charge < -0.3 is 9.47 Å². The smallest absolute Gasteiger partial charge is 0.306 e. The van der Waals surface area contributed by atoms with Crippen LogP contribution in [0.1, 0.15) is 20.3 Å². The molecule has 0 radical (unpaired) electrons. The maximum atomic E-state index is 11.1. The number of carbonyl (C=O) groups is 1.